The molecule has 0 spiro atoms. The average Bonchev–Trinajstić information content (AvgIpc) is 3.02. The lowest BCUT2D eigenvalue weighted by Gasteiger charge is -2.15. The van der Waals surface area contributed by atoms with Gasteiger partial charge < -0.3 is 14.6 Å². The fourth-order valence-electron chi connectivity index (χ4n) is 3.54. The van der Waals surface area contributed by atoms with Gasteiger partial charge >= 0.3 is 0 Å². The summed E-state index contributed by atoms with van der Waals surface area (Å²) < 4.78 is 7.88. The van der Waals surface area contributed by atoms with Crippen molar-refractivity contribution < 1.29 is 9.53 Å². The van der Waals surface area contributed by atoms with E-state index < -0.39 is 6.10 Å². The molecule has 30 heavy (non-hydrogen) atoms. The predicted molar refractivity (Wildman–Crippen MR) is 113 cm³/mol. The van der Waals surface area contributed by atoms with Crippen LogP contribution in [-0.2, 0) is 17.8 Å². The Bertz CT molecular complexity index is 1080. The van der Waals surface area contributed by atoms with Gasteiger partial charge in [0.1, 0.15) is 11.6 Å². The molecule has 0 saturated heterocycles. The maximum atomic E-state index is 12.6. The van der Waals surface area contributed by atoms with Gasteiger partial charge in [0.05, 0.1) is 11.6 Å². The summed E-state index contributed by atoms with van der Waals surface area (Å²) >= 11 is 0. The number of aromatic nitrogens is 3. The van der Waals surface area contributed by atoms with Crippen LogP contribution in [0.5, 0.6) is 5.75 Å². The number of carbonyl (C=O) groups excluding carboxylic acids is 1. The quantitative estimate of drug-likeness (QED) is 0.699. The Kier molecular flexibility index (Phi) is 5.75. The maximum Gasteiger partial charge on any atom is 0.265 e. The van der Waals surface area contributed by atoms with Gasteiger partial charge in [0.2, 0.25) is 0 Å². The molecule has 2 heterocycles. The van der Waals surface area contributed by atoms with Crippen LogP contribution >= 0.6 is 0 Å². The first kappa shape index (κ1) is 19.6. The minimum atomic E-state index is -0.689. The summed E-state index contributed by atoms with van der Waals surface area (Å²) in [7, 11) is 0. The number of benzene rings is 2. The number of nitrogens with zero attached hydrogens (tertiary/aromatic N) is 4. The van der Waals surface area contributed by atoms with Gasteiger partial charge in [-0.1, -0.05) is 18.6 Å². The Morgan fingerprint density at radius 1 is 1.17 bits per heavy atom. The number of aryl methyl sites for hydroxylation is 1. The monoisotopic (exact) mass is 401 g/mol. The fourth-order valence-corrected chi connectivity index (χ4v) is 3.54. The molecule has 0 saturated carbocycles. The first-order valence-electron chi connectivity index (χ1n) is 10.1. The topological polar surface area (TPSA) is 92.8 Å². The van der Waals surface area contributed by atoms with Crippen LogP contribution in [0.25, 0.3) is 11.4 Å². The fraction of sp³-hybridized carbons (Fsp3) is 0.304. The number of amides is 1. The summed E-state index contributed by atoms with van der Waals surface area (Å²) in [4.78, 5) is 12.6. The number of fused-ring (bicyclic) bond motifs is 1. The average molecular weight is 401 g/mol. The van der Waals surface area contributed by atoms with Crippen molar-refractivity contribution in [1.82, 2.24) is 14.8 Å². The van der Waals surface area contributed by atoms with E-state index in [0.29, 0.717) is 17.0 Å². The van der Waals surface area contributed by atoms with Gasteiger partial charge in [0, 0.05) is 24.2 Å². The highest BCUT2D eigenvalue weighted by Crippen LogP contribution is 2.25. The van der Waals surface area contributed by atoms with E-state index in [9.17, 15) is 4.79 Å². The molecule has 0 aliphatic carbocycles. The number of carbonyl (C=O) groups is 1. The normalized spacial score (nSPS) is 14.1. The number of hydrogen-bond donors (Lipinski definition) is 1. The second kappa shape index (κ2) is 8.78. The van der Waals surface area contributed by atoms with Crippen molar-refractivity contribution in [3.63, 3.8) is 0 Å². The lowest BCUT2D eigenvalue weighted by molar-refractivity contribution is -0.122. The van der Waals surface area contributed by atoms with E-state index >= 15 is 0 Å². The van der Waals surface area contributed by atoms with Gasteiger partial charge in [0.25, 0.3) is 5.91 Å². The molecule has 152 valence electrons. The molecule has 1 aliphatic rings. The third-order valence-electron chi connectivity index (χ3n) is 5.16. The third kappa shape index (κ3) is 4.33. The molecule has 0 fully saturated rings. The summed E-state index contributed by atoms with van der Waals surface area (Å²) in [6.07, 6.45) is 3.74. The first-order valence-corrected chi connectivity index (χ1v) is 10.1. The zero-order valence-corrected chi connectivity index (χ0v) is 16.8. The summed E-state index contributed by atoms with van der Waals surface area (Å²) in [6, 6.07) is 16.4. The SMILES string of the molecule is C[C@@H](Oc1ccc(C#N)cc1)C(=O)Nc1cccc(-c2nnc3n2CCCCC3)c1. The number of ether oxygens (including phenoxy) is 1. The molecule has 1 amide bonds. The highest BCUT2D eigenvalue weighted by atomic mass is 16.5. The Hall–Kier alpha value is -3.66. The van der Waals surface area contributed by atoms with Crippen molar-refractivity contribution in [3.8, 4) is 23.2 Å². The Labute approximate surface area is 175 Å². The zero-order chi connectivity index (χ0) is 20.9. The smallest absolute Gasteiger partial charge is 0.265 e. The molecule has 1 aromatic heterocycles. The van der Waals surface area contributed by atoms with Gasteiger partial charge in [-0.05, 0) is 56.2 Å². The van der Waals surface area contributed by atoms with Crippen molar-refractivity contribution in [2.24, 2.45) is 0 Å². The van der Waals surface area contributed by atoms with Gasteiger partial charge in [-0.2, -0.15) is 5.26 Å². The zero-order valence-electron chi connectivity index (χ0n) is 16.8. The van der Waals surface area contributed by atoms with E-state index in [2.05, 4.69) is 26.2 Å². The number of anilines is 1. The molecule has 1 aliphatic heterocycles. The van der Waals surface area contributed by atoms with Crippen molar-refractivity contribution in [1.29, 1.82) is 5.26 Å². The summed E-state index contributed by atoms with van der Waals surface area (Å²) in [5, 5.41) is 20.5. The summed E-state index contributed by atoms with van der Waals surface area (Å²) in [5.41, 5.74) is 2.15. The minimum absolute atomic E-state index is 0.253. The van der Waals surface area contributed by atoms with Gasteiger partial charge in [-0.25, -0.2) is 0 Å². The van der Waals surface area contributed by atoms with Crippen LogP contribution in [0, 0.1) is 11.3 Å². The lowest BCUT2D eigenvalue weighted by atomic mass is 10.1. The number of nitrogens with one attached hydrogen (secondary N) is 1. The van der Waals surface area contributed by atoms with Crippen LogP contribution in [0.3, 0.4) is 0 Å². The van der Waals surface area contributed by atoms with E-state index in [1.165, 1.54) is 6.42 Å². The molecule has 4 rings (SSSR count). The van der Waals surface area contributed by atoms with Crippen LogP contribution in [0.1, 0.15) is 37.6 Å². The van der Waals surface area contributed by atoms with E-state index in [1.807, 2.05) is 24.3 Å². The van der Waals surface area contributed by atoms with Gasteiger partial charge in [-0.3, -0.25) is 4.79 Å². The molecule has 2 aromatic carbocycles. The molecule has 1 N–H and O–H groups in total. The third-order valence-corrected chi connectivity index (χ3v) is 5.16. The van der Waals surface area contributed by atoms with Crippen LogP contribution in [-0.4, -0.2) is 26.8 Å². The molecule has 3 aromatic rings. The predicted octanol–water partition coefficient (Wildman–Crippen LogP) is 3.95. The molecular weight excluding hydrogens is 378 g/mol. The molecule has 0 radical (unpaired) electrons. The van der Waals surface area contributed by atoms with E-state index in [0.717, 1.165) is 43.0 Å². The second-order valence-electron chi connectivity index (χ2n) is 7.37. The Balaban J connectivity index is 1.46. The Morgan fingerprint density at radius 2 is 2.00 bits per heavy atom. The van der Waals surface area contributed by atoms with Crippen molar-refractivity contribution >= 4 is 11.6 Å². The molecular formula is C23H23N5O2. The highest BCUT2D eigenvalue weighted by molar-refractivity contribution is 5.94. The number of nitriles is 1. The summed E-state index contributed by atoms with van der Waals surface area (Å²) in [5.74, 6) is 2.15. The molecule has 7 nitrogen and oxygen atoms in total. The Morgan fingerprint density at radius 3 is 2.80 bits per heavy atom. The molecule has 0 bridgehead atoms. The van der Waals surface area contributed by atoms with Crippen molar-refractivity contribution in [3.05, 3.63) is 59.9 Å². The largest absolute Gasteiger partial charge is 0.481 e. The van der Waals surface area contributed by atoms with E-state index in [1.54, 1.807) is 31.2 Å². The molecule has 7 heteroatoms. The highest BCUT2D eigenvalue weighted by Gasteiger charge is 2.18. The van der Waals surface area contributed by atoms with Crippen LogP contribution in [0.2, 0.25) is 0 Å². The number of rotatable bonds is 5. The van der Waals surface area contributed by atoms with Crippen LogP contribution in [0.4, 0.5) is 5.69 Å². The second-order valence-corrected chi connectivity index (χ2v) is 7.37. The standard InChI is InChI=1S/C23H23N5O2/c1-16(30-20-11-9-17(15-24)10-12-20)23(29)25-19-7-5-6-18(14-19)22-27-26-21-8-3-2-4-13-28(21)22/h5-7,9-12,14,16H,2-4,8,13H2,1H3,(H,25,29)/t16-/m1/s1. The van der Waals surface area contributed by atoms with Crippen molar-refractivity contribution in [2.75, 3.05) is 5.32 Å². The van der Waals surface area contributed by atoms with Crippen molar-refractivity contribution in [2.45, 2.75) is 45.3 Å². The van der Waals surface area contributed by atoms with Crippen LogP contribution < -0.4 is 10.1 Å². The summed E-state index contributed by atoms with van der Waals surface area (Å²) in [6.45, 7) is 2.61. The molecule has 1 atom stereocenters. The van der Waals surface area contributed by atoms with E-state index in [-0.39, 0.29) is 5.91 Å². The lowest BCUT2D eigenvalue weighted by Crippen LogP contribution is -2.30. The first-order chi connectivity index (χ1) is 14.6. The minimum Gasteiger partial charge on any atom is -0.481 e. The number of hydrogen-bond acceptors (Lipinski definition) is 5. The maximum absolute atomic E-state index is 12.6. The molecule has 0 unspecified atom stereocenters. The van der Waals surface area contributed by atoms with Crippen LogP contribution in [0.15, 0.2) is 48.5 Å². The van der Waals surface area contributed by atoms with E-state index in [4.69, 9.17) is 10.00 Å². The van der Waals surface area contributed by atoms with Gasteiger partial charge in [-0.15, -0.1) is 10.2 Å². The van der Waals surface area contributed by atoms with Gasteiger partial charge in [0.15, 0.2) is 11.9 Å².